The zero-order chi connectivity index (χ0) is 11.5. The summed E-state index contributed by atoms with van der Waals surface area (Å²) in [6, 6.07) is 5.74. The molecule has 84 valence electrons. The molecule has 0 saturated carbocycles. The normalized spacial score (nSPS) is 10.7. The fraction of sp³-hybridized carbons (Fsp3) is 0.300. The molecule has 5 nitrogen and oxygen atoms in total. The highest BCUT2D eigenvalue weighted by Crippen LogP contribution is 2.19. The Bertz CT molecular complexity index is 494. The van der Waals surface area contributed by atoms with Crippen LogP contribution < -0.4 is 5.32 Å². The predicted octanol–water partition coefficient (Wildman–Crippen LogP) is 1.34. The highest BCUT2D eigenvalue weighted by molar-refractivity contribution is 6.31. The van der Waals surface area contributed by atoms with E-state index >= 15 is 0 Å². The molecule has 0 radical (unpaired) electrons. The Morgan fingerprint density at radius 3 is 2.94 bits per heavy atom. The SMILES string of the molecule is CNCc1nnnn1-c1ccc(C)c(Cl)c1. The second kappa shape index (κ2) is 4.59. The van der Waals surface area contributed by atoms with E-state index in [-0.39, 0.29) is 0 Å². The summed E-state index contributed by atoms with van der Waals surface area (Å²) in [6.45, 7) is 2.57. The van der Waals surface area contributed by atoms with E-state index in [9.17, 15) is 0 Å². The van der Waals surface area contributed by atoms with Gasteiger partial charge in [-0.15, -0.1) is 5.10 Å². The zero-order valence-electron chi connectivity index (χ0n) is 9.11. The van der Waals surface area contributed by atoms with Crippen molar-refractivity contribution in [2.75, 3.05) is 7.05 Å². The van der Waals surface area contributed by atoms with E-state index in [0.29, 0.717) is 11.6 Å². The molecule has 0 unspecified atom stereocenters. The Hall–Kier alpha value is -1.46. The second-order valence-corrected chi connectivity index (χ2v) is 3.88. The minimum Gasteiger partial charge on any atom is -0.313 e. The molecule has 1 aromatic heterocycles. The highest BCUT2D eigenvalue weighted by Gasteiger charge is 2.08. The molecule has 0 spiro atoms. The molecular weight excluding hydrogens is 226 g/mol. The molecule has 16 heavy (non-hydrogen) atoms. The Morgan fingerprint density at radius 1 is 1.44 bits per heavy atom. The third-order valence-electron chi connectivity index (χ3n) is 2.27. The van der Waals surface area contributed by atoms with Crippen LogP contribution in [0.3, 0.4) is 0 Å². The van der Waals surface area contributed by atoms with E-state index in [1.54, 1.807) is 4.68 Å². The summed E-state index contributed by atoms with van der Waals surface area (Å²) >= 11 is 6.06. The van der Waals surface area contributed by atoms with Crippen molar-refractivity contribution in [2.45, 2.75) is 13.5 Å². The first-order valence-electron chi connectivity index (χ1n) is 4.90. The predicted molar refractivity (Wildman–Crippen MR) is 61.7 cm³/mol. The molecule has 0 aliphatic heterocycles. The first-order valence-corrected chi connectivity index (χ1v) is 5.28. The fourth-order valence-electron chi connectivity index (χ4n) is 1.39. The van der Waals surface area contributed by atoms with Gasteiger partial charge in [-0.1, -0.05) is 17.7 Å². The molecule has 0 saturated heterocycles. The fourth-order valence-corrected chi connectivity index (χ4v) is 1.56. The third-order valence-corrected chi connectivity index (χ3v) is 2.68. The maximum atomic E-state index is 6.06. The summed E-state index contributed by atoms with van der Waals surface area (Å²) in [7, 11) is 1.85. The Morgan fingerprint density at radius 2 is 2.25 bits per heavy atom. The summed E-state index contributed by atoms with van der Waals surface area (Å²) in [5.74, 6) is 0.752. The Kier molecular flexibility index (Phi) is 3.17. The van der Waals surface area contributed by atoms with Crippen LogP contribution in [0.1, 0.15) is 11.4 Å². The Balaban J connectivity index is 2.42. The molecule has 0 amide bonds. The summed E-state index contributed by atoms with van der Waals surface area (Å²) < 4.78 is 1.67. The summed E-state index contributed by atoms with van der Waals surface area (Å²) in [6.07, 6.45) is 0. The van der Waals surface area contributed by atoms with Gasteiger partial charge in [-0.05, 0) is 42.1 Å². The van der Waals surface area contributed by atoms with Gasteiger partial charge in [0.15, 0.2) is 5.82 Å². The molecule has 0 atom stereocenters. The first-order chi connectivity index (χ1) is 7.72. The first kappa shape index (κ1) is 11.0. The lowest BCUT2D eigenvalue weighted by Crippen LogP contribution is -2.12. The minimum atomic E-state index is 0.610. The zero-order valence-corrected chi connectivity index (χ0v) is 9.86. The van der Waals surface area contributed by atoms with E-state index in [2.05, 4.69) is 20.8 Å². The number of rotatable bonds is 3. The van der Waals surface area contributed by atoms with E-state index in [1.807, 2.05) is 32.2 Å². The second-order valence-electron chi connectivity index (χ2n) is 3.47. The van der Waals surface area contributed by atoms with Crippen molar-refractivity contribution < 1.29 is 0 Å². The van der Waals surface area contributed by atoms with Crippen LogP contribution in [0.4, 0.5) is 0 Å². The molecule has 2 rings (SSSR count). The van der Waals surface area contributed by atoms with E-state index < -0.39 is 0 Å². The minimum absolute atomic E-state index is 0.610. The number of halogens is 1. The number of hydrogen-bond acceptors (Lipinski definition) is 4. The van der Waals surface area contributed by atoms with Crippen LogP contribution in [0.25, 0.3) is 5.69 Å². The lowest BCUT2D eigenvalue weighted by molar-refractivity contribution is 0.709. The van der Waals surface area contributed by atoms with Gasteiger partial charge < -0.3 is 5.32 Å². The van der Waals surface area contributed by atoms with Crippen LogP contribution in [-0.4, -0.2) is 27.3 Å². The molecule has 2 aromatic rings. The molecule has 1 aromatic carbocycles. The van der Waals surface area contributed by atoms with Crippen molar-refractivity contribution in [3.8, 4) is 5.69 Å². The summed E-state index contributed by atoms with van der Waals surface area (Å²) in [4.78, 5) is 0. The molecule has 0 aliphatic rings. The molecule has 0 fully saturated rings. The topological polar surface area (TPSA) is 55.6 Å². The number of nitrogens with zero attached hydrogens (tertiary/aromatic N) is 4. The van der Waals surface area contributed by atoms with Crippen molar-refractivity contribution >= 4 is 11.6 Å². The molecule has 1 heterocycles. The van der Waals surface area contributed by atoms with E-state index in [1.165, 1.54) is 0 Å². The largest absolute Gasteiger partial charge is 0.313 e. The van der Waals surface area contributed by atoms with Crippen LogP contribution in [-0.2, 0) is 6.54 Å². The lowest BCUT2D eigenvalue weighted by atomic mass is 10.2. The van der Waals surface area contributed by atoms with Crippen molar-refractivity contribution in [3.63, 3.8) is 0 Å². The van der Waals surface area contributed by atoms with Crippen LogP contribution in [0.5, 0.6) is 0 Å². The van der Waals surface area contributed by atoms with E-state index in [0.717, 1.165) is 17.1 Å². The smallest absolute Gasteiger partial charge is 0.170 e. The average molecular weight is 238 g/mol. The van der Waals surface area contributed by atoms with Crippen molar-refractivity contribution in [1.82, 2.24) is 25.5 Å². The maximum absolute atomic E-state index is 6.06. The van der Waals surface area contributed by atoms with Gasteiger partial charge in [-0.2, -0.15) is 4.68 Å². The third kappa shape index (κ3) is 2.05. The van der Waals surface area contributed by atoms with Crippen molar-refractivity contribution in [1.29, 1.82) is 0 Å². The number of aromatic nitrogens is 4. The van der Waals surface area contributed by atoms with Crippen molar-refractivity contribution in [3.05, 3.63) is 34.6 Å². The van der Waals surface area contributed by atoms with Gasteiger partial charge in [-0.3, -0.25) is 0 Å². The van der Waals surface area contributed by atoms with Crippen LogP contribution >= 0.6 is 11.6 Å². The van der Waals surface area contributed by atoms with Crippen LogP contribution in [0.15, 0.2) is 18.2 Å². The molecule has 6 heteroatoms. The van der Waals surface area contributed by atoms with E-state index in [4.69, 9.17) is 11.6 Å². The number of tetrazole rings is 1. The summed E-state index contributed by atoms with van der Waals surface area (Å²) in [5, 5.41) is 15.2. The highest BCUT2D eigenvalue weighted by atomic mass is 35.5. The Labute approximate surface area is 98.4 Å². The summed E-state index contributed by atoms with van der Waals surface area (Å²) in [5.41, 5.74) is 1.90. The van der Waals surface area contributed by atoms with Gasteiger partial charge in [-0.25, -0.2) is 0 Å². The molecular formula is C10H12ClN5. The van der Waals surface area contributed by atoms with Crippen LogP contribution in [0.2, 0.25) is 5.02 Å². The average Bonchev–Trinajstić information content (AvgIpc) is 2.71. The van der Waals surface area contributed by atoms with Gasteiger partial charge in [0.2, 0.25) is 0 Å². The van der Waals surface area contributed by atoms with Gasteiger partial charge >= 0.3 is 0 Å². The quantitative estimate of drug-likeness (QED) is 0.876. The molecule has 0 aliphatic carbocycles. The van der Waals surface area contributed by atoms with Gasteiger partial charge in [0.1, 0.15) is 0 Å². The maximum Gasteiger partial charge on any atom is 0.170 e. The standard InChI is InChI=1S/C10H12ClN5/c1-7-3-4-8(5-9(7)11)16-10(6-12-2)13-14-15-16/h3-5,12H,6H2,1-2H3. The molecule has 0 bridgehead atoms. The number of nitrogens with one attached hydrogen (secondary N) is 1. The number of hydrogen-bond donors (Lipinski definition) is 1. The van der Waals surface area contributed by atoms with Gasteiger partial charge in [0.25, 0.3) is 0 Å². The van der Waals surface area contributed by atoms with Crippen molar-refractivity contribution in [2.24, 2.45) is 0 Å². The number of aryl methyl sites for hydroxylation is 1. The van der Waals surface area contributed by atoms with Crippen LogP contribution in [0, 0.1) is 6.92 Å². The lowest BCUT2D eigenvalue weighted by Gasteiger charge is -2.05. The molecule has 1 N–H and O–H groups in total. The number of benzene rings is 1. The monoisotopic (exact) mass is 237 g/mol. The van der Waals surface area contributed by atoms with Gasteiger partial charge in [0.05, 0.1) is 12.2 Å². The van der Waals surface area contributed by atoms with Gasteiger partial charge in [0, 0.05) is 5.02 Å².